The second-order valence-corrected chi connectivity index (χ2v) is 10.7. The molecule has 0 saturated heterocycles. The van der Waals surface area contributed by atoms with E-state index in [1.165, 1.54) is 62.3 Å². The zero-order valence-electron chi connectivity index (χ0n) is 26.6. The van der Waals surface area contributed by atoms with E-state index in [1.54, 1.807) is 18.2 Å². The quantitative estimate of drug-likeness (QED) is 0.0817. The van der Waals surface area contributed by atoms with Crippen LogP contribution in [0.4, 0.5) is 24.5 Å². The molecule has 0 aliphatic carbocycles. The topological polar surface area (TPSA) is 75.2 Å². The van der Waals surface area contributed by atoms with Gasteiger partial charge >= 0.3 is 12.1 Å². The summed E-state index contributed by atoms with van der Waals surface area (Å²) in [5.41, 5.74) is 1.30. The van der Waals surface area contributed by atoms with Crippen molar-refractivity contribution in [3.05, 3.63) is 89.5 Å². The van der Waals surface area contributed by atoms with Gasteiger partial charge in [-0.2, -0.15) is 13.2 Å². The van der Waals surface area contributed by atoms with E-state index in [0.29, 0.717) is 45.3 Å². The molecule has 0 atom stereocenters. The lowest BCUT2D eigenvalue weighted by atomic mass is 10.0. The lowest BCUT2D eigenvalue weighted by molar-refractivity contribution is -0.137. The minimum Gasteiger partial charge on any atom is -0.491 e. The van der Waals surface area contributed by atoms with Crippen molar-refractivity contribution in [2.45, 2.75) is 58.0 Å². The Morgan fingerprint density at radius 1 is 0.696 bits per heavy atom. The van der Waals surface area contributed by atoms with Gasteiger partial charge in [0.05, 0.1) is 56.5 Å². The van der Waals surface area contributed by atoms with Gasteiger partial charge in [-0.25, -0.2) is 4.79 Å². The summed E-state index contributed by atoms with van der Waals surface area (Å²) in [6.45, 7) is 4.89. The summed E-state index contributed by atoms with van der Waals surface area (Å²) in [6, 6.07) is 19.5. The lowest BCUT2D eigenvalue weighted by Gasteiger charge is -2.13. The van der Waals surface area contributed by atoms with Crippen LogP contribution in [0.15, 0.2) is 72.8 Å². The number of carbonyl (C=O) groups excluding carboxylic acids is 1. The molecule has 1 N–H and O–H groups in total. The van der Waals surface area contributed by atoms with Gasteiger partial charge < -0.3 is 29.0 Å². The molecule has 46 heavy (non-hydrogen) atoms. The number of nitrogens with one attached hydrogen (secondary N) is 1. The molecule has 0 radical (unpaired) electrons. The van der Waals surface area contributed by atoms with Crippen LogP contribution in [-0.2, 0) is 31.5 Å². The van der Waals surface area contributed by atoms with Crippen molar-refractivity contribution in [1.82, 2.24) is 0 Å². The molecule has 0 aliphatic rings. The third-order valence-corrected chi connectivity index (χ3v) is 7.06. The predicted octanol–water partition coefficient (Wildman–Crippen LogP) is 8.64. The Labute approximate surface area is 270 Å². The molecule has 3 aromatic carbocycles. The van der Waals surface area contributed by atoms with Gasteiger partial charge in [-0.05, 0) is 60.9 Å². The summed E-state index contributed by atoms with van der Waals surface area (Å²) < 4.78 is 66.6. The standard InChI is InChI=1S/C36H46F3NO6/c1-2-3-4-5-6-7-11-29-16-18-32(19-17-29)45-26-24-43-22-20-42-21-23-44-25-27-46-35(41)33-14-8-9-15-34(33)40-31-13-10-12-30(28-31)36(37,38)39/h8-10,12-19,28,40H,2-7,11,20-27H2,1H3. The van der Waals surface area contributed by atoms with Crippen LogP contribution in [0.5, 0.6) is 5.75 Å². The highest BCUT2D eigenvalue weighted by molar-refractivity contribution is 5.96. The molecule has 0 unspecified atom stereocenters. The molecule has 10 heteroatoms. The van der Waals surface area contributed by atoms with Crippen molar-refractivity contribution in [1.29, 1.82) is 0 Å². The second kappa shape index (κ2) is 21.2. The number of carbonyl (C=O) groups is 1. The third-order valence-electron chi connectivity index (χ3n) is 7.06. The molecule has 0 heterocycles. The SMILES string of the molecule is CCCCCCCCc1ccc(OCCOCCOCCOCCOC(=O)c2ccccc2Nc2cccc(C(F)(F)F)c2)cc1. The maximum Gasteiger partial charge on any atom is 0.416 e. The molecule has 7 nitrogen and oxygen atoms in total. The number of alkyl halides is 3. The molecule has 0 amide bonds. The molecule has 0 spiro atoms. The van der Waals surface area contributed by atoms with Crippen molar-refractivity contribution in [3.63, 3.8) is 0 Å². The van der Waals surface area contributed by atoms with Crippen LogP contribution in [-0.4, -0.2) is 58.8 Å². The van der Waals surface area contributed by atoms with Crippen LogP contribution in [0.3, 0.4) is 0 Å². The number of hydrogen-bond donors (Lipinski definition) is 1. The number of para-hydroxylation sites is 1. The molecule has 3 rings (SSSR count). The van der Waals surface area contributed by atoms with Gasteiger partial charge in [-0.1, -0.05) is 69.4 Å². The third kappa shape index (κ3) is 14.7. The number of rotatable bonds is 23. The minimum absolute atomic E-state index is 0.0156. The predicted molar refractivity (Wildman–Crippen MR) is 173 cm³/mol. The van der Waals surface area contributed by atoms with E-state index in [9.17, 15) is 18.0 Å². The Bertz CT molecular complexity index is 1270. The number of aryl methyl sites for hydroxylation is 1. The van der Waals surface area contributed by atoms with Crippen LogP contribution < -0.4 is 10.1 Å². The molecule has 0 aromatic heterocycles. The number of unbranched alkanes of at least 4 members (excludes halogenated alkanes) is 5. The van der Waals surface area contributed by atoms with E-state index in [4.69, 9.17) is 23.7 Å². The van der Waals surface area contributed by atoms with Crippen molar-refractivity contribution < 1.29 is 41.7 Å². The number of benzene rings is 3. The van der Waals surface area contributed by atoms with Crippen LogP contribution in [0, 0.1) is 0 Å². The maximum absolute atomic E-state index is 13.0. The van der Waals surface area contributed by atoms with Crippen LogP contribution >= 0.6 is 0 Å². The van der Waals surface area contributed by atoms with Crippen molar-refractivity contribution in [3.8, 4) is 5.75 Å². The molecule has 0 bridgehead atoms. The van der Waals surface area contributed by atoms with Crippen LogP contribution in [0.2, 0.25) is 0 Å². The van der Waals surface area contributed by atoms with Gasteiger partial charge in [0.1, 0.15) is 19.0 Å². The van der Waals surface area contributed by atoms with E-state index in [2.05, 4.69) is 24.4 Å². The number of hydrogen-bond acceptors (Lipinski definition) is 7. The summed E-state index contributed by atoms with van der Waals surface area (Å²) in [5.74, 6) is 0.224. The number of ether oxygens (including phenoxy) is 5. The molecule has 0 aliphatic heterocycles. The summed E-state index contributed by atoms with van der Waals surface area (Å²) in [5, 5.41) is 2.87. The Morgan fingerprint density at radius 2 is 1.33 bits per heavy atom. The largest absolute Gasteiger partial charge is 0.491 e. The maximum atomic E-state index is 13.0. The minimum atomic E-state index is -4.47. The number of halogens is 3. The zero-order valence-corrected chi connectivity index (χ0v) is 26.6. The fourth-order valence-electron chi connectivity index (χ4n) is 4.59. The first kappa shape index (κ1) is 36.9. The lowest BCUT2D eigenvalue weighted by Crippen LogP contribution is -2.15. The number of esters is 1. The average Bonchev–Trinajstić information content (AvgIpc) is 3.05. The van der Waals surface area contributed by atoms with Gasteiger partial charge in [-0.3, -0.25) is 0 Å². The monoisotopic (exact) mass is 645 g/mol. The normalized spacial score (nSPS) is 11.4. The summed E-state index contributed by atoms with van der Waals surface area (Å²) in [4.78, 5) is 12.6. The van der Waals surface area contributed by atoms with E-state index >= 15 is 0 Å². The Balaban J connectivity index is 1.18. The van der Waals surface area contributed by atoms with E-state index in [0.717, 1.165) is 24.3 Å². The second-order valence-electron chi connectivity index (χ2n) is 10.7. The summed E-state index contributed by atoms with van der Waals surface area (Å²) in [7, 11) is 0. The van der Waals surface area contributed by atoms with E-state index in [-0.39, 0.29) is 24.5 Å². The molecule has 252 valence electrons. The van der Waals surface area contributed by atoms with Gasteiger partial charge in [0, 0.05) is 5.69 Å². The summed E-state index contributed by atoms with van der Waals surface area (Å²) in [6.07, 6.45) is 4.44. The highest BCUT2D eigenvalue weighted by Gasteiger charge is 2.30. The van der Waals surface area contributed by atoms with Crippen molar-refractivity contribution in [2.75, 3.05) is 58.2 Å². The van der Waals surface area contributed by atoms with Gasteiger partial charge in [-0.15, -0.1) is 0 Å². The Kier molecular flexibility index (Phi) is 17.0. The average molecular weight is 646 g/mol. The van der Waals surface area contributed by atoms with Gasteiger partial charge in [0.15, 0.2) is 0 Å². The first-order valence-corrected chi connectivity index (χ1v) is 16.0. The summed E-state index contributed by atoms with van der Waals surface area (Å²) >= 11 is 0. The van der Waals surface area contributed by atoms with Gasteiger partial charge in [0.25, 0.3) is 0 Å². The van der Waals surface area contributed by atoms with Crippen molar-refractivity contribution >= 4 is 17.3 Å². The Hall–Kier alpha value is -3.60. The molecular formula is C36H46F3NO6. The van der Waals surface area contributed by atoms with Crippen molar-refractivity contribution in [2.24, 2.45) is 0 Å². The number of anilines is 2. The molecule has 0 saturated carbocycles. The first-order chi connectivity index (χ1) is 22.4. The molecular weight excluding hydrogens is 599 g/mol. The first-order valence-electron chi connectivity index (χ1n) is 16.0. The fraction of sp³-hybridized carbons (Fsp3) is 0.472. The smallest absolute Gasteiger partial charge is 0.416 e. The van der Waals surface area contributed by atoms with Crippen LogP contribution in [0.1, 0.15) is 66.9 Å². The molecule has 0 fully saturated rings. The highest BCUT2D eigenvalue weighted by Crippen LogP contribution is 2.32. The van der Waals surface area contributed by atoms with E-state index < -0.39 is 17.7 Å². The molecule has 3 aromatic rings. The zero-order chi connectivity index (χ0) is 32.9. The van der Waals surface area contributed by atoms with E-state index in [1.807, 2.05) is 12.1 Å². The Morgan fingerprint density at radius 3 is 2.02 bits per heavy atom. The van der Waals surface area contributed by atoms with Crippen LogP contribution in [0.25, 0.3) is 0 Å². The highest BCUT2D eigenvalue weighted by atomic mass is 19.4. The fourth-order valence-corrected chi connectivity index (χ4v) is 4.59. The van der Waals surface area contributed by atoms with Gasteiger partial charge in [0.2, 0.25) is 0 Å².